The lowest BCUT2D eigenvalue weighted by Crippen LogP contribution is -2.37. The average molecular weight is 313 g/mol. The molecule has 0 saturated heterocycles. The minimum atomic E-state index is 0.450. The van der Waals surface area contributed by atoms with Crippen molar-refractivity contribution in [2.75, 3.05) is 12.4 Å². The zero-order valence-corrected chi connectivity index (χ0v) is 13.0. The maximum absolute atomic E-state index is 5.11. The van der Waals surface area contributed by atoms with Gasteiger partial charge in [-0.05, 0) is 30.4 Å². The molecule has 0 aliphatic rings. The van der Waals surface area contributed by atoms with Crippen LogP contribution in [0.5, 0.6) is 0 Å². The van der Waals surface area contributed by atoms with Gasteiger partial charge in [-0.2, -0.15) is 5.10 Å². The zero-order valence-electron chi connectivity index (χ0n) is 12.2. The number of fused-ring (bicyclic) bond motifs is 1. The van der Waals surface area contributed by atoms with E-state index in [1.165, 1.54) is 0 Å². The van der Waals surface area contributed by atoms with E-state index in [9.17, 15) is 0 Å². The number of hydrazine groups is 1. The fourth-order valence-corrected chi connectivity index (χ4v) is 2.27. The first-order valence-corrected chi connectivity index (χ1v) is 7.06. The van der Waals surface area contributed by atoms with E-state index >= 15 is 0 Å². The predicted octanol–water partition coefficient (Wildman–Crippen LogP) is 1.45. The van der Waals surface area contributed by atoms with Crippen LogP contribution in [-0.2, 0) is 7.05 Å². The highest BCUT2D eigenvalue weighted by Gasteiger charge is 2.05. The molecule has 22 heavy (non-hydrogen) atoms. The van der Waals surface area contributed by atoms with E-state index in [-0.39, 0.29) is 0 Å². The van der Waals surface area contributed by atoms with Crippen LogP contribution in [0.2, 0.25) is 0 Å². The molecule has 0 bridgehead atoms. The second-order valence-corrected chi connectivity index (χ2v) is 5.10. The molecule has 3 rings (SSSR count). The van der Waals surface area contributed by atoms with Gasteiger partial charge in [-0.3, -0.25) is 15.1 Å². The number of pyridine rings is 2. The van der Waals surface area contributed by atoms with E-state index in [0.717, 1.165) is 22.2 Å². The lowest BCUT2D eigenvalue weighted by atomic mass is 10.1. The minimum absolute atomic E-state index is 0.450. The summed E-state index contributed by atoms with van der Waals surface area (Å²) < 4.78 is 1.76. The quantitative estimate of drug-likeness (QED) is 0.499. The molecule has 8 heteroatoms. The van der Waals surface area contributed by atoms with Crippen molar-refractivity contribution in [3.8, 4) is 11.1 Å². The molecule has 0 aromatic carbocycles. The van der Waals surface area contributed by atoms with Crippen molar-refractivity contribution in [3.05, 3.63) is 36.8 Å². The molecule has 0 amide bonds. The van der Waals surface area contributed by atoms with E-state index in [1.807, 2.05) is 37.6 Å². The van der Waals surface area contributed by atoms with Crippen molar-refractivity contribution in [1.82, 2.24) is 30.6 Å². The lowest BCUT2D eigenvalue weighted by molar-refractivity contribution is 0.768. The maximum Gasteiger partial charge on any atom is 0.186 e. The number of hydrogen-bond donors (Lipinski definition) is 3. The SMILES string of the molecule is CNNC(=S)Nc1ccc2ncc(-c3cnn(C)c3)cc2n1. The van der Waals surface area contributed by atoms with Crippen LogP contribution in [0.4, 0.5) is 5.82 Å². The smallest absolute Gasteiger partial charge is 0.186 e. The van der Waals surface area contributed by atoms with Crippen molar-refractivity contribution >= 4 is 34.2 Å². The van der Waals surface area contributed by atoms with Gasteiger partial charge in [0.25, 0.3) is 0 Å². The number of nitrogens with one attached hydrogen (secondary N) is 3. The van der Waals surface area contributed by atoms with Crippen LogP contribution < -0.4 is 16.2 Å². The molecule has 0 spiro atoms. The standard InChI is InChI=1S/C14H15N7S/c1-15-20-14(22)19-13-4-3-11-12(18-13)5-9(6-16-11)10-7-17-21(2)8-10/h3-8,15H,1-2H3,(H2,18,19,20,22). The first kappa shape index (κ1) is 14.4. The Balaban J connectivity index is 1.94. The highest BCUT2D eigenvalue weighted by Crippen LogP contribution is 2.22. The Kier molecular flexibility index (Phi) is 3.94. The van der Waals surface area contributed by atoms with E-state index in [1.54, 1.807) is 17.9 Å². The van der Waals surface area contributed by atoms with Gasteiger partial charge in [-0.15, -0.1) is 0 Å². The zero-order chi connectivity index (χ0) is 15.5. The molecular weight excluding hydrogens is 298 g/mol. The molecular formula is C14H15N7S. The summed E-state index contributed by atoms with van der Waals surface area (Å²) in [5, 5.41) is 7.62. The van der Waals surface area contributed by atoms with E-state index in [4.69, 9.17) is 12.2 Å². The number of aryl methyl sites for hydroxylation is 1. The van der Waals surface area contributed by atoms with E-state index in [0.29, 0.717) is 10.9 Å². The number of aromatic nitrogens is 4. The third kappa shape index (κ3) is 3.02. The molecule has 0 aliphatic carbocycles. The van der Waals surface area contributed by atoms with Crippen molar-refractivity contribution in [1.29, 1.82) is 0 Å². The van der Waals surface area contributed by atoms with Gasteiger partial charge in [0, 0.05) is 37.6 Å². The molecule has 0 fully saturated rings. The summed E-state index contributed by atoms with van der Waals surface area (Å²) >= 11 is 5.11. The Hall–Kier alpha value is -2.58. The Morgan fingerprint density at radius 1 is 1.18 bits per heavy atom. The molecule has 3 aromatic rings. The lowest BCUT2D eigenvalue weighted by Gasteiger charge is -2.09. The Bertz CT molecular complexity index is 827. The monoisotopic (exact) mass is 313 g/mol. The maximum atomic E-state index is 5.11. The van der Waals surface area contributed by atoms with Gasteiger partial charge < -0.3 is 5.32 Å². The van der Waals surface area contributed by atoms with Gasteiger partial charge in [0.1, 0.15) is 5.82 Å². The van der Waals surface area contributed by atoms with Crippen molar-refractivity contribution in [2.24, 2.45) is 7.05 Å². The highest BCUT2D eigenvalue weighted by molar-refractivity contribution is 7.80. The number of anilines is 1. The van der Waals surface area contributed by atoms with Gasteiger partial charge in [-0.1, -0.05) is 0 Å². The van der Waals surface area contributed by atoms with Gasteiger partial charge >= 0.3 is 0 Å². The molecule has 0 atom stereocenters. The summed E-state index contributed by atoms with van der Waals surface area (Å²) in [6.45, 7) is 0. The fraction of sp³-hybridized carbons (Fsp3) is 0.143. The summed E-state index contributed by atoms with van der Waals surface area (Å²) in [6, 6.07) is 5.72. The van der Waals surface area contributed by atoms with Gasteiger partial charge in [0.15, 0.2) is 5.11 Å². The summed E-state index contributed by atoms with van der Waals surface area (Å²) in [5.41, 5.74) is 9.13. The molecule has 112 valence electrons. The van der Waals surface area contributed by atoms with Gasteiger partial charge in [0.2, 0.25) is 0 Å². The van der Waals surface area contributed by atoms with E-state index < -0.39 is 0 Å². The van der Waals surface area contributed by atoms with Crippen LogP contribution >= 0.6 is 12.2 Å². The molecule has 3 heterocycles. The van der Waals surface area contributed by atoms with E-state index in [2.05, 4.69) is 31.2 Å². The summed E-state index contributed by atoms with van der Waals surface area (Å²) in [4.78, 5) is 8.97. The largest absolute Gasteiger partial charge is 0.316 e. The Labute approximate surface area is 132 Å². The summed E-state index contributed by atoms with van der Waals surface area (Å²) in [7, 11) is 3.62. The number of hydrogen-bond acceptors (Lipinski definition) is 5. The highest BCUT2D eigenvalue weighted by atomic mass is 32.1. The van der Waals surface area contributed by atoms with Crippen LogP contribution in [-0.4, -0.2) is 31.9 Å². The molecule has 0 aliphatic heterocycles. The summed E-state index contributed by atoms with van der Waals surface area (Å²) in [6.07, 6.45) is 5.56. The second kappa shape index (κ2) is 6.04. The van der Waals surface area contributed by atoms with Crippen LogP contribution in [0.3, 0.4) is 0 Å². The third-order valence-corrected chi connectivity index (χ3v) is 3.26. The van der Waals surface area contributed by atoms with Crippen LogP contribution in [0, 0.1) is 0 Å². The second-order valence-electron chi connectivity index (χ2n) is 4.69. The molecule has 0 radical (unpaired) electrons. The van der Waals surface area contributed by atoms with Gasteiger partial charge in [0.05, 0.1) is 17.2 Å². The Morgan fingerprint density at radius 2 is 2.05 bits per heavy atom. The Morgan fingerprint density at radius 3 is 2.77 bits per heavy atom. The number of rotatable bonds is 3. The van der Waals surface area contributed by atoms with Gasteiger partial charge in [-0.25, -0.2) is 10.4 Å². The molecule has 3 N–H and O–H groups in total. The topological polar surface area (TPSA) is 79.7 Å². The number of thiocarbonyl (C=S) groups is 1. The van der Waals surface area contributed by atoms with Crippen molar-refractivity contribution in [3.63, 3.8) is 0 Å². The third-order valence-electron chi connectivity index (χ3n) is 3.06. The van der Waals surface area contributed by atoms with Crippen LogP contribution in [0.15, 0.2) is 36.8 Å². The van der Waals surface area contributed by atoms with Crippen molar-refractivity contribution < 1.29 is 0 Å². The normalized spacial score (nSPS) is 10.6. The van der Waals surface area contributed by atoms with Crippen LogP contribution in [0.1, 0.15) is 0 Å². The molecule has 7 nitrogen and oxygen atoms in total. The molecule has 0 saturated carbocycles. The number of nitrogens with zero attached hydrogens (tertiary/aromatic N) is 4. The van der Waals surface area contributed by atoms with Crippen LogP contribution in [0.25, 0.3) is 22.2 Å². The minimum Gasteiger partial charge on any atom is -0.316 e. The average Bonchev–Trinajstić information content (AvgIpc) is 2.93. The first-order valence-electron chi connectivity index (χ1n) is 6.65. The predicted molar refractivity (Wildman–Crippen MR) is 90.2 cm³/mol. The summed E-state index contributed by atoms with van der Waals surface area (Å²) in [5.74, 6) is 0.658. The molecule has 3 aromatic heterocycles. The fourth-order valence-electron chi connectivity index (χ4n) is 2.07. The molecule has 0 unspecified atom stereocenters. The van der Waals surface area contributed by atoms with Crippen molar-refractivity contribution in [2.45, 2.75) is 0 Å². The first-order chi connectivity index (χ1) is 10.7.